The number of anilines is 1. The van der Waals surface area contributed by atoms with Gasteiger partial charge in [-0.25, -0.2) is 8.42 Å². The molecule has 1 aliphatic heterocycles. The van der Waals surface area contributed by atoms with Gasteiger partial charge < -0.3 is 4.90 Å². The van der Waals surface area contributed by atoms with Crippen LogP contribution in [0.15, 0.2) is 41.3 Å². The third-order valence-electron chi connectivity index (χ3n) is 4.02. The Balaban J connectivity index is 1.80. The lowest BCUT2D eigenvalue weighted by molar-refractivity contribution is 0.385. The first-order valence-electron chi connectivity index (χ1n) is 7.45. The van der Waals surface area contributed by atoms with E-state index in [1.165, 1.54) is 16.4 Å². The molecule has 4 nitrogen and oxygen atoms in total. The van der Waals surface area contributed by atoms with Gasteiger partial charge in [0.15, 0.2) is 0 Å². The van der Waals surface area contributed by atoms with Crippen LogP contribution in [0.25, 0.3) is 0 Å². The van der Waals surface area contributed by atoms with Crippen LogP contribution in [0.1, 0.15) is 0 Å². The Morgan fingerprint density at radius 2 is 1.52 bits per heavy atom. The van der Waals surface area contributed by atoms with Crippen molar-refractivity contribution in [2.75, 3.05) is 31.1 Å². The molecule has 25 heavy (non-hydrogen) atoms. The topological polar surface area (TPSA) is 40.6 Å². The van der Waals surface area contributed by atoms with Crippen LogP contribution in [0.2, 0.25) is 20.1 Å². The van der Waals surface area contributed by atoms with Gasteiger partial charge in [0, 0.05) is 31.2 Å². The summed E-state index contributed by atoms with van der Waals surface area (Å²) < 4.78 is 27.1. The molecule has 134 valence electrons. The van der Waals surface area contributed by atoms with E-state index >= 15 is 0 Å². The van der Waals surface area contributed by atoms with E-state index in [1.54, 1.807) is 12.1 Å². The second-order valence-corrected chi connectivity index (χ2v) is 9.07. The van der Waals surface area contributed by atoms with Crippen LogP contribution in [-0.4, -0.2) is 38.9 Å². The Hall–Kier alpha value is -0.690. The molecule has 0 radical (unpaired) electrons. The molecule has 0 unspecified atom stereocenters. The zero-order chi connectivity index (χ0) is 18.2. The molecule has 0 spiro atoms. The van der Waals surface area contributed by atoms with Gasteiger partial charge >= 0.3 is 0 Å². The zero-order valence-electron chi connectivity index (χ0n) is 12.9. The summed E-state index contributed by atoms with van der Waals surface area (Å²) in [5.74, 6) is 0. The monoisotopic (exact) mass is 438 g/mol. The Morgan fingerprint density at radius 1 is 0.840 bits per heavy atom. The first kappa shape index (κ1) is 19.1. The molecule has 0 amide bonds. The highest BCUT2D eigenvalue weighted by atomic mass is 35.5. The van der Waals surface area contributed by atoms with Gasteiger partial charge in [-0.3, -0.25) is 0 Å². The Morgan fingerprint density at radius 3 is 2.20 bits per heavy atom. The maximum atomic E-state index is 12.8. The smallest absolute Gasteiger partial charge is 0.244 e. The number of rotatable bonds is 3. The first-order valence-corrected chi connectivity index (χ1v) is 10.4. The highest BCUT2D eigenvalue weighted by Crippen LogP contribution is 2.34. The number of piperazine rings is 1. The predicted molar refractivity (Wildman–Crippen MR) is 104 cm³/mol. The average Bonchev–Trinajstić information content (AvgIpc) is 2.59. The second kappa shape index (κ2) is 7.51. The van der Waals surface area contributed by atoms with Gasteiger partial charge in [-0.1, -0.05) is 52.5 Å². The molecule has 0 saturated carbocycles. The molecule has 0 N–H and O–H groups in total. The predicted octanol–water partition coefficient (Wildman–Crippen LogP) is 4.81. The van der Waals surface area contributed by atoms with Crippen molar-refractivity contribution in [2.45, 2.75) is 4.90 Å². The minimum atomic E-state index is -3.71. The summed E-state index contributed by atoms with van der Waals surface area (Å²) >= 11 is 24.3. The third-order valence-corrected chi connectivity index (χ3v) is 7.45. The fourth-order valence-electron chi connectivity index (χ4n) is 2.72. The highest BCUT2D eigenvalue weighted by molar-refractivity contribution is 7.89. The molecule has 3 rings (SSSR count). The molecule has 0 aromatic heterocycles. The number of sulfonamides is 1. The molecular weight excluding hydrogens is 426 g/mol. The summed E-state index contributed by atoms with van der Waals surface area (Å²) in [7, 11) is -3.71. The molecule has 0 aliphatic carbocycles. The highest BCUT2D eigenvalue weighted by Gasteiger charge is 2.31. The quantitative estimate of drug-likeness (QED) is 0.688. The van der Waals surface area contributed by atoms with Gasteiger partial charge in [0.2, 0.25) is 10.0 Å². The van der Waals surface area contributed by atoms with Crippen molar-refractivity contribution in [1.82, 2.24) is 4.31 Å². The van der Waals surface area contributed by atoms with Gasteiger partial charge in [-0.05, 0) is 30.3 Å². The molecule has 1 saturated heterocycles. The van der Waals surface area contributed by atoms with Crippen molar-refractivity contribution in [3.05, 3.63) is 56.5 Å². The molecule has 2 aromatic carbocycles. The molecule has 1 heterocycles. The Bertz CT molecular complexity index is 897. The molecule has 0 atom stereocenters. The number of benzene rings is 2. The lowest BCUT2D eigenvalue weighted by atomic mass is 10.2. The van der Waals surface area contributed by atoms with E-state index in [1.807, 2.05) is 17.0 Å². The average molecular weight is 440 g/mol. The SMILES string of the molecule is O=S(=O)(c1cc(Cl)ccc1Cl)N1CCN(c2cccc(Cl)c2Cl)CC1. The maximum absolute atomic E-state index is 12.8. The van der Waals surface area contributed by atoms with Crippen LogP contribution in [-0.2, 0) is 10.0 Å². The summed E-state index contributed by atoms with van der Waals surface area (Å²) in [6, 6.07) is 9.82. The van der Waals surface area contributed by atoms with Crippen molar-refractivity contribution in [1.29, 1.82) is 0 Å². The Kier molecular flexibility index (Phi) is 5.73. The van der Waals surface area contributed by atoms with Gasteiger partial charge in [0.1, 0.15) is 4.90 Å². The fourth-order valence-corrected chi connectivity index (χ4v) is 5.29. The largest absolute Gasteiger partial charge is 0.368 e. The van der Waals surface area contributed by atoms with Crippen LogP contribution >= 0.6 is 46.4 Å². The van der Waals surface area contributed by atoms with Crippen molar-refractivity contribution in [3.8, 4) is 0 Å². The lowest BCUT2D eigenvalue weighted by Gasteiger charge is -2.36. The first-order chi connectivity index (χ1) is 11.8. The second-order valence-electron chi connectivity index (χ2n) is 5.54. The van der Waals surface area contributed by atoms with E-state index in [0.717, 1.165) is 5.69 Å². The standard InChI is InChI=1S/C16H14Cl4N2O2S/c17-11-4-5-12(18)15(10-11)25(23,24)22-8-6-21(7-9-22)14-3-1-2-13(19)16(14)20/h1-5,10H,6-9H2. The molecular formula is C16H14Cl4N2O2S. The summed E-state index contributed by atoms with van der Waals surface area (Å²) in [5, 5.41) is 1.43. The van der Waals surface area contributed by atoms with Crippen LogP contribution in [0.5, 0.6) is 0 Å². The van der Waals surface area contributed by atoms with E-state index in [-0.39, 0.29) is 9.92 Å². The van der Waals surface area contributed by atoms with E-state index in [9.17, 15) is 8.42 Å². The van der Waals surface area contributed by atoms with E-state index in [2.05, 4.69) is 0 Å². The van der Waals surface area contributed by atoms with Gasteiger partial charge in [0.05, 0.1) is 20.8 Å². The normalized spacial score (nSPS) is 16.2. The van der Waals surface area contributed by atoms with Crippen LogP contribution in [0.4, 0.5) is 5.69 Å². The minimum absolute atomic E-state index is 0.0240. The Labute approximate surface area is 166 Å². The number of hydrogen-bond donors (Lipinski definition) is 0. The van der Waals surface area contributed by atoms with Gasteiger partial charge in [-0.2, -0.15) is 4.31 Å². The van der Waals surface area contributed by atoms with Crippen molar-refractivity contribution in [3.63, 3.8) is 0 Å². The molecule has 9 heteroatoms. The van der Waals surface area contributed by atoms with Crippen molar-refractivity contribution >= 4 is 62.1 Å². The van der Waals surface area contributed by atoms with Gasteiger partial charge in [-0.15, -0.1) is 0 Å². The molecule has 0 bridgehead atoms. The fraction of sp³-hybridized carbons (Fsp3) is 0.250. The van der Waals surface area contributed by atoms with E-state index in [0.29, 0.717) is 41.2 Å². The number of nitrogens with zero attached hydrogens (tertiary/aromatic N) is 2. The molecule has 1 fully saturated rings. The minimum Gasteiger partial charge on any atom is -0.368 e. The third kappa shape index (κ3) is 3.87. The summed E-state index contributed by atoms with van der Waals surface area (Å²) in [6.45, 7) is 1.62. The summed E-state index contributed by atoms with van der Waals surface area (Å²) in [5.41, 5.74) is 0.798. The number of halogens is 4. The lowest BCUT2D eigenvalue weighted by Crippen LogP contribution is -2.48. The van der Waals surface area contributed by atoms with Crippen molar-refractivity contribution in [2.24, 2.45) is 0 Å². The molecule has 1 aliphatic rings. The maximum Gasteiger partial charge on any atom is 0.244 e. The van der Waals surface area contributed by atoms with Crippen LogP contribution in [0, 0.1) is 0 Å². The van der Waals surface area contributed by atoms with Crippen LogP contribution < -0.4 is 4.90 Å². The van der Waals surface area contributed by atoms with Crippen molar-refractivity contribution < 1.29 is 8.42 Å². The number of hydrogen-bond acceptors (Lipinski definition) is 3. The van der Waals surface area contributed by atoms with E-state index < -0.39 is 10.0 Å². The zero-order valence-corrected chi connectivity index (χ0v) is 16.8. The summed E-state index contributed by atoms with van der Waals surface area (Å²) in [6.07, 6.45) is 0. The molecule has 2 aromatic rings. The summed E-state index contributed by atoms with van der Waals surface area (Å²) in [4.78, 5) is 2.04. The van der Waals surface area contributed by atoms with E-state index in [4.69, 9.17) is 46.4 Å². The van der Waals surface area contributed by atoms with Crippen LogP contribution in [0.3, 0.4) is 0 Å². The van der Waals surface area contributed by atoms with Gasteiger partial charge in [0.25, 0.3) is 0 Å².